The van der Waals surface area contributed by atoms with E-state index in [2.05, 4.69) is 0 Å². The van der Waals surface area contributed by atoms with Crippen molar-refractivity contribution >= 4 is 5.78 Å². The molecule has 0 unspecified atom stereocenters. The molecule has 1 aromatic rings. The van der Waals surface area contributed by atoms with Crippen molar-refractivity contribution in [2.75, 3.05) is 21.3 Å². The molecular formula is C11H14O4. The Morgan fingerprint density at radius 3 is 2.40 bits per heavy atom. The third kappa shape index (κ3) is 2.78. The number of hydrogen-bond donors (Lipinski definition) is 0. The zero-order chi connectivity index (χ0) is 11.3. The smallest absolute Gasteiger partial charge is 0.222 e. The number of hydrogen-bond acceptors (Lipinski definition) is 4. The molecule has 0 bridgehead atoms. The highest BCUT2D eigenvalue weighted by Crippen LogP contribution is 2.14. The van der Waals surface area contributed by atoms with E-state index in [4.69, 9.17) is 14.2 Å². The monoisotopic (exact) mass is 210 g/mol. The van der Waals surface area contributed by atoms with Crippen LogP contribution in [0.4, 0.5) is 0 Å². The second-order valence-corrected chi connectivity index (χ2v) is 2.90. The minimum Gasteiger partial charge on any atom is -0.497 e. The van der Waals surface area contributed by atoms with Gasteiger partial charge >= 0.3 is 0 Å². The molecule has 0 spiro atoms. The molecule has 0 aliphatic carbocycles. The first-order valence-electron chi connectivity index (χ1n) is 4.46. The number of carbonyl (C=O) groups is 1. The molecule has 0 aliphatic heterocycles. The van der Waals surface area contributed by atoms with Crippen LogP contribution < -0.4 is 4.74 Å². The van der Waals surface area contributed by atoms with Crippen LogP contribution in [0.25, 0.3) is 0 Å². The Morgan fingerprint density at radius 2 is 1.87 bits per heavy atom. The van der Waals surface area contributed by atoms with Crippen LogP contribution in [0.2, 0.25) is 0 Å². The van der Waals surface area contributed by atoms with Gasteiger partial charge in [-0.05, 0) is 12.1 Å². The number of rotatable bonds is 5. The van der Waals surface area contributed by atoms with Crippen molar-refractivity contribution in [1.29, 1.82) is 0 Å². The highest BCUT2D eigenvalue weighted by molar-refractivity contribution is 5.98. The molecule has 0 aromatic heterocycles. The first-order valence-corrected chi connectivity index (χ1v) is 4.46. The topological polar surface area (TPSA) is 44.8 Å². The van der Waals surface area contributed by atoms with Crippen LogP contribution in [-0.4, -0.2) is 33.4 Å². The summed E-state index contributed by atoms with van der Waals surface area (Å²) in [6.45, 7) is 0. The summed E-state index contributed by atoms with van der Waals surface area (Å²) >= 11 is 0. The van der Waals surface area contributed by atoms with Gasteiger partial charge < -0.3 is 14.2 Å². The second-order valence-electron chi connectivity index (χ2n) is 2.90. The fourth-order valence-corrected chi connectivity index (χ4v) is 1.22. The maximum Gasteiger partial charge on any atom is 0.222 e. The van der Waals surface area contributed by atoms with E-state index in [0.29, 0.717) is 11.3 Å². The van der Waals surface area contributed by atoms with Crippen LogP contribution in [0.3, 0.4) is 0 Å². The van der Waals surface area contributed by atoms with Gasteiger partial charge in [-0.3, -0.25) is 4.79 Å². The van der Waals surface area contributed by atoms with Gasteiger partial charge in [0.05, 0.1) is 7.11 Å². The SMILES string of the molecule is COc1cccc(C(=O)C(OC)OC)c1. The molecule has 4 nitrogen and oxygen atoms in total. The van der Waals surface area contributed by atoms with Gasteiger partial charge in [0.1, 0.15) is 5.75 Å². The van der Waals surface area contributed by atoms with E-state index >= 15 is 0 Å². The molecule has 0 amide bonds. The Balaban J connectivity index is 2.90. The third-order valence-electron chi connectivity index (χ3n) is 2.00. The summed E-state index contributed by atoms with van der Waals surface area (Å²) < 4.78 is 14.8. The lowest BCUT2D eigenvalue weighted by atomic mass is 10.1. The first-order chi connectivity index (χ1) is 7.22. The summed E-state index contributed by atoms with van der Waals surface area (Å²) in [5.74, 6) is 0.408. The summed E-state index contributed by atoms with van der Waals surface area (Å²) in [4.78, 5) is 11.8. The van der Waals surface area contributed by atoms with Crippen LogP contribution in [0.15, 0.2) is 24.3 Å². The normalized spacial score (nSPS) is 10.4. The van der Waals surface area contributed by atoms with Gasteiger partial charge in [0.25, 0.3) is 0 Å². The number of benzene rings is 1. The summed E-state index contributed by atoms with van der Waals surface area (Å²) in [6, 6.07) is 6.85. The molecule has 0 saturated heterocycles. The number of methoxy groups -OCH3 is 3. The van der Waals surface area contributed by atoms with E-state index in [-0.39, 0.29) is 5.78 Å². The van der Waals surface area contributed by atoms with Crippen molar-refractivity contribution in [2.24, 2.45) is 0 Å². The van der Waals surface area contributed by atoms with E-state index in [1.165, 1.54) is 14.2 Å². The molecule has 0 radical (unpaired) electrons. The first kappa shape index (κ1) is 11.7. The highest BCUT2D eigenvalue weighted by Gasteiger charge is 2.18. The van der Waals surface area contributed by atoms with Gasteiger partial charge in [0.15, 0.2) is 0 Å². The van der Waals surface area contributed by atoms with Gasteiger partial charge in [-0.2, -0.15) is 0 Å². The number of ketones is 1. The molecular weight excluding hydrogens is 196 g/mol. The van der Waals surface area contributed by atoms with Crippen molar-refractivity contribution < 1.29 is 19.0 Å². The van der Waals surface area contributed by atoms with E-state index < -0.39 is 6.29 Å². The molecule has 0 aliphatic rings. The Bertz CT molecular complexity index is 331. The fourth-order valence-electron chi connectivity index (χ4n) is 1.22. The van der Waals surface area contributed by atoms with Crippen LogP contribution in [-0.2, 0) is 9.47 Å². The average Bonchev–Trinajstić information content (AvgIpc) is 2.30. The zero-order valence-corrected chi connectivity index (χ0v) is 9.02. The number of carbonyl (C=O) groups excluding carboxylic acids is 1. The summed E-state index contributed by atoms with van der Waals surface area (Å²) in [5, 5.41) is 0. The van der Waals surface area contributed by atoms with Crippen LogP contribution >= 0.6 is 0 Å². The van der Waals surface area contributed by atoms with Gasteiger partial charge in [-0.25, -0.2) is 0 Å². The van der Waals surface area contributed by atoms with E-state index in [1.807, 2.05) is 0 Å². The lowest BCUT2D eigenvalue weighted by Crippen LogP contribution is -2.24. The van der Waals surface area contributed by atoms with E-state index in [9.17, 15) is 4.79 Å². The van der Waals surface area contributed by atoms with Crippen molar-refractivity contribution in [1.82, 2.24) is 0 Å². The molecule has 0 N–H and O–H groups in total. The second kappa shape index (κ2) is 5.48. The van der Waals surface area contributed by atoms with Crippen LogP contribution in [0, 0.1) is 0 Å². The van der Waals surface area contributed by atoms with Gasteiger partial charge in [0.2, 0.25) is 12.1 Å². The lowest BCUT2D eigenvalue weighted by molar-refractivity contribution is -0.0742. The van der Waals surface area contributed by atoms with E-state index in [0.717, 1.165) is 0 Å². The minimum atomic E-state index is -0.864. The predicted octanol–water partition coefficient (Wildman–Crippen LogP) is 1.50. The van der Waals surface area contributed by atoms with Gasteiger partial charge in [0, 0.05) is 19.8 Å². The predicted molar refractivity (Wildman–Crippen MR) is 55.1 cm³/mol. The quantitative estimate of drug-likeness (QED) is 0.545. The number of Topliss-reactive ketones (excluding diaryl/α,β-unsaturated/α-hetero) is 1. The standard InChI is InChI=1S/C11H14O4/c1-13-9-6-4-5-8(7-9)10(12)11(14-2)15-3/h4-7,11H,1-3H3. The molecule has 0 atom stereocenters. The Labute approximate surface area is 88.8 Å². The largest absolute Gasteiger partial charge is 0.497 e. The van der Waals surface area contributed by atoms with Crippen molar-refractivity contribution in [3.63, 3.8) is 0 Å². The Morgan fingerprint density at radius 1 is 1.20 bits per heavy atom. The molecule has 15 heavy (non-hydrogen) atoms. The molecule has 1 aromatic carbocycles. The van der Waals surface area contributed by atoms with Crippen molar-refractivity contribution in [2.45, 2.75) is 6.29 Å². The summed E-state index contributed by atoms with van der Waals surface area (Å²) in [6.07, 6.45) is -0.864. The van der Waals surface area contributed by atoms with Crippen LogP contribution in [0.5, 0.6) is 5.75 Å². The van der Waals surface area contributed by atoms with Gasteiger partial charge in [-0.15, -0.1) is 0 Å². The van der Waals surface area contributed by atoms with Crippen molar-refractivity contribution in [3.05, 3.63) is 29.8 Å². The minimum absolute atomic E-state index is 0.223. The maximum atomic E-state index is 11.8. The molecule has 1 rings (SSSR count). The maximum absolute atomic E-state index is 11.8. The fraction of sp³-hybridized carbons (Fsp3) is 0.364. The lowest BCUT2D eigenvalue weighted by Gasteiger charge is -2.12. The average molecular weight is 210 g/mol. The van der Waals surface area contributed by atoms with Crippen molar-refractivity contribution in [3.8, 4) is 5.75 Å². The third-order valence-corrected chi connectivity index (χ3v) is 2.00. The van der Waals surface area contributed by atoms with Gasteiger partial charge in [-0.1, -0.05) is 12.1 Å². The molecule has 4 heteroatoms. The summed E-state index contributed by atoms with van der Waals surface area (Å²) in [7, 11) is 4.40. The Hall–Kier alpha value is -1.39. The zero-order valence-electron chi connectivity index (χ0n) is 9.02. The highest BCUT2D eigenvalue weighted by atomic mass is 16.7. The molecule has 0 saturated carbocycles. The van der Waals surface area contributed by atoms with E-state index in [1.54, 1.807) is 31.4 Å². The molecule has 82 valence electrons. The molecule has 0 heterocycles. The van der Waals surface area contributed by atoms with Crippen LogP contribution in [0.1, 0.15) is 10.4 Å². The number of ether oxygens (including phenoxy) is 3. The summed E-state index contributed by atoms with van der Waals surface area (Å²) in [5.41, 5.74) is 0.503. The Kier molecular flexibility index (Phi) is 4.27. The molecule has 0 fully saturated rings.